The van der Waals surface area contributed by atoms with Crippen LogP contribution < -0.4 is 5.56 Å². The number of nitrogens with one attached hydrogen (secondary N) is 1. The van der Waals surface area contributed by atoms with E-state index in [4.69, 9.17) is 4.74 Å². The molecule has 1 aliphatic rings. The molecule has 1 atom stereocenters. The largest absolute Gasteiger partial charge is 0.383 e. The van der Waals surface area contributed by atoms with E-state index >= 15 is 0 Å². The number of likely N-dealkylation sites (tertiary alicyclic amines) is 1. The van der Waals surface area contributed by atoms with Crippen LogP contribution in [0.4, 0.5) is 0 Å². The van der Waals surface area contributed by atoms with Crippen molar-refractivity contribution >= 4 is 5.91 Å². The first-order valence-corrected chi connectivity index (χ1v) is 9.33. The van der Waals surface area contributed by atoms with Crippen molar-refractivity contribution in [3.8, 4) is 0 Å². The lowest BCUT2D eigenvalue weighted by Crippen LogP contribution is -2.41. The third kappa shape index (κ3) is 4.44. The minimum Gasteiger partial charge on any atom is -0.383 e. The van der Waals surface area contributed by atoms with E-state index in [0.29, 0.717) is 36.8 Å². The Hall–Kier alpha value is -2.48. The van der Waals surface area contributed by atoms with E-state index in [-0.39, 0.29) is 23.8 Å². The summed E-state index contributed by atoms with van der Waals surface area (Å²) in [7, 11) is 1.68. The lowest BCUT2D eigenvalue weighted by atomic mass is 9.96. The Morgan fingerprint density at radius 1 is 1.41 bits per heavy atom. The minimum absolute atomic E-state index is 0.0334. The van der Waals surface area contributed by atoms with Crippen LogP contribution in [0.5, 0.6) is 0 Å². The number of ether oxygens (including phenoxy) is 1. The van der Waals surface area contributed by atoms with E-state index in [0.717, 1.165) is 25.2 Å². The van der Waals surface area contributed by atoms with E-state index in [2.05, 4.69) is 19.5 Å². The summed E-state index contributed by atoms with van der Waals surface area (Å²) >= 11 is 0. The van der Waals surface area contributed by atoms with Gasteiger partial charge in [-0.05, 0) is 26.7 Å². The summed E-state index contributed by atoms with van der Waals surface area (Å²) in [4.78, 5) is 38.3. The van der Waals surface area contributed by atoms with Gasteiger partial charge in [-0.15, -0.1) is 0 Å². The quantitative estimate of drug-likeness (QED) is 0.821. The molecule has 8 nitrogen and oxygen atoms in total. The number of imidazole rings is 1. The summed E-state index contributed by atoms with van der Waals surface area (Å²) in [6.07, 6.45) is 5.76. The molecule has 1 saturated heterocycles. The maximum Gasteiger partial charge on any atom is 0.254 e. The van der Waals surface area contributed by atoms with Gasteiger partial charge in [0.25, 0.3) is 5.56 Å². The fraction of sp³-hybridized carbons (Fsp3) is 0.579. The van der Waals surface area contributed by atoms with Crippen molar-refractivity contribution in [2.75, 3.05) is 26.8 Å². The van der Waals surface area contributed by atoms with Crippen LogP contribution in [0.1, 0.15) is 41.7 Å². The molecule has 1 amide bonds. The van der Waals surface area contributed by atoms with Crippen molar-refractivity contribution in [3.05, 3.63) is 45.7 Å². The van der Waals surface area contributed by atoms with E-state index in [1.807, 2.05) is 11.1 Å². The fourth-order valence-electron chi connectivity index (χ4n) is 3.70. The Morgan fingerprint density at radius 3 is 2.96 bits per heavy atom. The molecule has 2 aromatic rings. The Kier molecular flexibility index (Phi) is 6.05. The number of rotatable bonds is 6. The van der Waals surface area contributed by atoms with E-state index in [1.54, 1.807) is 27.2 Å². The fourth-order valence-corrected chi connectivity index (χ4v) is 3.70. The first-order chi connectivity index (χ1) is 13.0. The van der Waals surface area contributed by atoms with Crippen LogP contribution in [-0.2, 0) is 22.5 Å². The Bertz CT molecular complexity index is 857. The molecule has 1 aliphatic heterocycles. The van der Waals surface area contributed by atoms with Gasteiger partial charge in [0, 0.05) is 56.3 Å². The highest BCUT2D eigenvalue weighted by Crippen LogP contribution is 2.26. The molecular weight excluding hydrogens is 346 g/mol. The number of H-pyrrole nitrogens is 1. The smallest absolute Gasteiger partial charge is 0.254 e. The van der Waals surface area contributed by atoms with E-state index < -0.39 is 0 Å². The van der Waals surface area contributed by atoms with Gasteiger partial charge in [-0.1, -0.05) is 0 Å². The average Bonchev–Trinajstić information content (AvgIpc) is 3.11. The highest BCUT2D eigenvalue weighted by molar-refractivity contribution is 5.79. The van der Waals surface area contributed by atoms with Crippen LogP contribution >= 0.6 is 0 Å². The van der Waals surface area contributed by atoms with Crippen LogP contribution in [0.3, 0.4) is 0 Å². The van der Waals surface area contributed by atoms with Gasteiger partial charge in [0.05, 0.1) is 13.0 Å². The summed E-state index contributed by atoms with van der Waals surface area (Å²) in [5.41, 5.74) is 0.847. The second-order valence-corrected chi connectivity index (χ2v) is 7.04. The highest BCUT2D eigenvalue weighted by atomic mass is 16.5. The molecule has 3 rings (SSSR count). The number of carbonyl (C=O) groups excluding carboxylic acids is 1. The Morgan fingerprint density at radius 2 is 2.22 bits per heavy atom. The molecule has 1 fully saturated rings. The van der Waals surface area contributed by atoms with Gasteiger partial charge >= 0.3 is 0 Å². The molecule has 0 radical (unpaired) electrons. The first kappa shape index (κ1) is 19.3. The SMILES string of the molecule is COCCn1ccnc1[C@@H]1CCCN(C(=O)Cc2c(C)nc(C)[nH]c2=O)C1. The topological polar surface area (TPSA) is 93.1 Å². The van der Waals surface area contributed by atoms with Crippen LogP contribution in [0.25, 0.3) is 0 Å². The van der Waals surface area contributed by atoms with Gasteiger partial charge in [-0.3, -0.25) is 9.59 Å². The molecule has 8 heteroatoms. The summed E-state index contributed by atoms with van der Waals surface area (Å²) in [5.74, 6) is 1.73. The highest BCUT2D eigenvalue weighted by Gasteiger charge is 2.28. The first-order valence-electron chi connectivity index (χ1n) is 9.33. The maximum absolute atomic E-state index is 12.8. The standard InChI is InChI=1S/C19H27N5O3/c1-13-16(19(26)22-14(2)21-13)11-17(25)24-7-4-5-15(12-24)18-20-6-8-23(18)9-10-27-3/h6,8,15H,4-5,7,9-12H2,1-3H3,(H,21,22,26)/t15-/m1/s1. The Labute approximate surface area is 158 Å². The third-order valence-corrected chi connectivity index (χ3v) is 5.09. The van der Waals surface area contributed by atoms with Gasteiger partial charge in [-0.25, -0.2) is 9.97 Å². The number of amides is 1. The second-order valence-electron chi connectivity index (χ2n) is 7.04. The molecule has 27 heavy (non-hydrogen) atoms. The zero-order chi connectivity index (χ0) is 19.4. The number of carbonyl (C=O) groups is 1. The lowest BCUT2D eigenvalue weighted by molar-refractivity contribution is -0.131. The summed E-state index contributed by atoms with van der Waals surface area (Å²) < 4.78 is 7.26. The molecule has 0 unspecified atom stereocenters. The zero-order valence-corrected chi connectivity index (χ0v) is 16.2. The van der Waals surface area contributed by atoms with Crippen LogP contribution in [-0.4, -0.2) is 57.1 Å². The number of hydrogen-bond acceptors (Lipinski definition) is 5. The van der Waals surface area contributed by atoms with Crippen LogP contribution in [0.15, 0.2) is 17.2 Å². The van der Waals surface area contributed by atoms with Gasteiger partial charge < -0.3 is 19.2 Å². The van der Waals surface area contributed by atoms with Crippen LogP contribution in [0.2, 0.25) is 0 Å². The van der Waals surface area contributed by atoms with Crippen molar-refractivity contribution in [1.29, 1.82) is 0 Å². The molecule has 1 N–H and O–H groups in total. The van der Waals surface area contributed by atoms with Crippen molar-refractivity contribution in [2.24, 2.45) is 0 Å². The number of aromatic nitrogens is 4. The number of hydrogen-bond donors (Lipinski definition) is 1. The number of aryl methyl sites for hydroxylation is 2. The number of aromatic amines is 1. The molecule has 0 spiro atoms. The van der Waals surface area contributed by atoms with Crippen molar-refractivity contribution in [2.45, 2.75) is 45.6 Å². The average molecular weight is 373 g/mol. The molecule has 0 bridgehead atoms. The van der Waals surface area contributed by atoms with E-state index in [1.165, 1.54) is 0 Å². The van der Waals surface area contributed by atoms with Crippen LogP contribution in [0, 0.1) is 13.8 Å². The Balaban J connectivity index is 1.70. The van der Waals surface area contributed by atoms with Crippen molar-refractivity contribution in [3.63, 3.8) is 0 Å². The summed E-state index contributed by atoms with van der Waals surface area (Å²) in [6, 6.07) is 0. The number of nitrogens with zero attached hydrogens (tertiary/aromatic N) is 4. The maximum atomic E-state index is 12.8. The van der Waals surface area contributed by atoms with Crippen molar-refractivity contribution < 1.29 is 9.53 Å². The molecule has 3 heterocycles. The third-order valence-electron chi connectivity index (χ3n) is 5.09. The van der Waals surface area contributed by atoms with Gasteiger partial charge in [0.15, 0.2) is 0 Å². The summed E-state index contributed by atoms with van der Waals surface area (Å²) in [6.45, 7) is 6.22. The number of methoxy groups -OCH3 is 1. The second kappa shape index (κ2) is 8.47. The molecule has 146 valence electrons. The van der Waals surface area contributed by atoms with Gasteiger partial charge in [0.1, 0.15) is 11.6 Å². The molecular formula is C19H27N5O3. The van der Waals surface area contributed by atoms with Gasteiger partial charge in [0.2, 0.25) is 5.91 Å². The number of piperidine rings is 1. The monoisotopic (exact) mass is 373 g/mol. The molecule has 0 aromatic carbocycles. The van der Waals surface area contributed by atoms with Crippen molar-refractivity contribution in [1.82, 2.24) is 24.4 Å². The normalized spacial score (nSPS) is 17.3. The minimum atomic E-state index is -0.225. The van der Waals surface area contributed by atoms with Gasteiger partial charge in [-0.2, -0.15) is 0 Å². The predicted octanol–water partition coefficient (Wildman–Crippen LogP) is 1.18. The lowest BCUT2D eigenvalue weighted by Gasteiger charge is -2.33. The predicted molar refractivity (Wildman–Crippen MR) is 101 cm³/mol. The van der Waals surface area contributed by atoms with E-state index in [9.17, 15) is 9.59 Å². The molecule has 0 aliphatic carbocycles. The molecule has 0 saturated carbocycles. The summed E-state index contributed by atoms with van der Waals surface area (Å²) in [5, 5.41) is 0. The zero-order valence-electron chi connectivity index (χ0n) is 16.2. The molecule has 2 aromatic heterocycles.